The first-order valence-corrected chi connectivity index (χ1v) is 11.2. The quantitative estimate of drug-likeness (QED) is 0.530. The zero-order chi connectivity index (χ0) is 24.8. The monoisotopic (exact) mass is 476 g/mol. The van der Waals surface area contributed by atoms with E-state index in [0.717, 1.165) is 17.5 Å². The Morgan fingerprint density at radius 2 is 1.51 bits per heavy atom. The maximum Gasteiger partial charge on any atom is 0.260 e. The molecule has 0 unspecified atom stereocenters. The van der Waals surface area contributed by atoms with Crippen LogP contribution in [0.15, 0.2) is 60.7 Å². The summed E-state index contributed by atoms with van der Waals surface area (Å²) in [6.07, 6.45) is 0.738. The number of hydrogen-bond donors (Lipinski definition) is 1. The Bertz CT molecular complexity index is 1210. The summed E-state index contributed by atoms with van der Waals surface area (Å²) in [6.45, 7) is 1.03. The molecule has 8 nitrogen and oxygen atoms in total. The van der Waals surface area contributed by atoms with E-state index < -0.39 is 0 Å². The van der Waals surface area contributed by atoms with Crippen molar-refractivity contribution in [3.05, 3.63) is 77.4 Å². The van der Waals surface area contributed by atoms with Crippen molar-refractivity contribution in [3.8, 4) is 23.0 Å². The Kier molecular flexibility index (Phi) is 7.40. The lowest BCUT2D eigenvalue weighted by atomic mass is 9.99. The number of nitrogens with one attached hydrogen (secondary N) is 1. The smallest absolute Gasteiger partial charge is 0.260 e. The van der Waals surface area contributed by atoms with Crippen LogP contribution in [0.5, 0.6) is 23.0 Å². The van der Waals surface area contributed by atoms with E-state index in [-0.39, 0.29) is 18.4 Å². The molecule has 3 aromatic carbocycles. The van der Waals surface area contributed by atoms with E-state index in [2.05, 4.69) is 5.32 Å². The number of amides is 2. The number of benzene rings is 3. The van der Waals surface area contributed by atoms with E-state index in [0.29, 0.717) is 47.3 Å². The third-order valence-electron chi connectivity index (χ3n) is 5.90. The van der Waals surface area contributed by atoms with Gasteiger partial charge in [-0.05, 0) is 66.1 Å². The van der Waals surface area contributed by atoms with E-state index in [4.69, 9.17) is 18.9 Å². The molecule has 1 aliphatic rings. The second kappa shape index (κ2) is 10.8. The molecule has 0 radical (unpaired) electrons. The molecular formula is C27H28N2O6. The summed E-state index contributed by atoms with van der Waals surface area (Å²) in [4.78, 5) is 27.1. The molecule has 0 fully saturated rings. The average Bonchev–Trinajstić information content (AvgIpc) is 2.91. The highest BCUT2D eigenvalue weighted by Gasteiger charge is 2.23. The van der Waals surface area contributed by atoms with Crippen molar-refractivity contribution in [2.75, 3.05) is 39.8 Å². The molecule has 0 aromatic heterocycles. The second-order valence-electron chi connectivity index (χ2n) is 8.01. The molecule has 4 rings (SSSR count). The number of nitrogens with zero attached hydrogens (tertiary/aromatic N) is 1. The number of anilines is 1. The molecule has 35 heavy (non-hydrogen) atoms. The average molecular weight is 477 g/mol. The normalized spacial score (nSPS) is 12.4. The van der Waals surface area contributed by atoms with Crippen LogP contribution in [0.1, 0.15) is 21.5 Å². The summed E-state index contributed by atoms with van der Waals surface area (Å²) >= 11 is 0. The molecule has 1 N–H and O–H groups in total. The fraction of sp³-hybridized carbons (Fsp3) is 0.259. The molecule has 2 amide bonds. The fourth-order valence-electron chi connectivity index (χ4n) is 4.00. The van der Waals surface area contributed by atoms with Crippen LogP contribution in [-0.4, -0.2) is 51.2 Å². The van der Waals surface area contributed by atoms with Gasteiger partial charge in [-0.25, -0.2) is 0 Å². The molecule has 0 saturated carbocycles. The Morgan fingerprint density at radius 1 is 0.857 bits per heavy atom. The van der Waals surface area contributed by atoms with Gasteiger partial charge in [0.1, 0.15) is 11.5 Å². The molecule has 0 bridgehead atoms. The molecule has 0 spiro atoms. The Labute approximate surface area is 204 Å². The van der Waals surface area contributed by atoms with Gasteiger partial charge < -0.3 is 29.2 Å². The molecule has 0 saturated heterocycles. The summed E-state index contributed by atoms with van der Waals surface area (Å²) in [5.41, 5.74) is 3.24. The highest BCUT2D eigenvalue weighted by atomic mass is 16.5. The van der Waals surface area contributed by atoms with Crippen molar-refractivity contribution in [2.24, 2.45) is 0 Å². The zero-order valence-electron chi connectivity index (χ0n) is 20.0. The molecule has 8 heteroatoms. The van der Waals surface area contributed by atoms with Gasteiger partial charge in [0.15, 0.2) is 18.1 Å². The predicted octanol–water partition coefficient (Wildman–Crippen LogP) is 3.93. The second-order valence-corrected chi connectivity index (χ2v) is 8.01. The van der Waals surface area contributed by atoms with Gasteiger partial charge in [-0.1, -0.05) is 12.1 Å². The lowest BCUT2D eigenvalue weighted by Gasteiger charge is -2.29. The first kappa shape index (κ1) is 23.9. The number of ether oxygens (including phenoxy) is 4. The van der Waals surface area contributed by atoms with Crippen LogP contribution in [0.2, 0.25) is 0 Å². The van der Waals surface area contributed by atoms with Crippen molar-refractivity contribution < 1.29 is 28.5 Å². The third kappa shape index (κ3) is 5.48. The van der Waals surface area contributed by atoms with Crippen LogP contribution in [-0.2, 0) is 17.8 Å². The number of carbonyl (C=O) groups is 2. The van der Waals surface area contributed by atoms with Crippen LogP contribution >= 0.6 is 0 Å². The van der Waals surface area contributed by atoms with Crippen molar-refractivity contribution in [1.82, 2.24) is 4.90 Å². The molecular weight excluding hydrogens is 448 g/mol. The van der Waals surface area contributed by atoms with Crippen molar-refractivity contribution in [2.45, 2.75) is 13.0 Å². The van der Waals surface area contributed by atoms with Gasteiger partial charge in [0.05, 0.1) is 26.9 Å². The molecule has 1 heterocycles. The van der Waals surface area contributed by atoms with Gasteiger partial charge in [0.25, 0.3) is 11.8 Å². The van der Waals surface area contributed by atoms with Crippen molar-refractivity contribution >= 4 is 17.5 Å². The topological polar surface area (TPSA) is 86.3 Å². The Hall–Kier alpha value is -4.20. The lowest BCUT2D eigenvalue weighted by molar-refractivity contribution is -0.134. The SMILES string of the molecule is COc1cc2c(cc1OC)CN(C(=O)COc1ccc(NC(=O)c3ccccc3OC)cc1)CC2. The summed E-state index contributed by atoms with van der Waals surface area (Å²) < 4.78 is 21.7. The third-order valence-corrected chi connectivity index (χ3v) is 5.90. The summed E-state index contributed by atoms with van der Waals surface area (Å²) in [5, 5.41) is 2.83. The van der Waals surface area contributed by atoms with E-state index in [1.807, 2.05) is 12.1 Å². The minimum atomic E-state index is -0.272. The minimum Gasteiger partial charge on any atom is -0.496 e. The van der Waals surface area contributed by atoms with Crippen LogP contribution in [0.3, 0.4) is 0 Å². The van der Waals surface area contributed by atoms with Gasteiger partial charge in [0, 0.05) is 18.8 Å². The van der Waals surface area contributed by atoms with Crippen LogP contribution in [0, 0.1) is 0 Å². The lowest BCUT2D eigenvalue weighted by Crippen LogP contribution is -2.38. The van der Waals surface area contributed by atoms with Gasteiger partial charge in [0.2, 0.25) is 0 Å². The number of fused-ring (bicyclic) bond motifs is 1. The van der Waals surface area contributed by atoms with E-state index in [9.17, 15) is 9.59 Å². The van der Waals surface area contributed by atoms with Crippen molar-refractivity contribution in [1.29, 1.82) is 0 Å². The van der Waals surface area contributed by atoms with Gasteiger partial charge in [-0.2, -0.15) is 0 Å². The van der Waals surface area contributed by atoms with Gasteiger partial charge in [-0.15, -0.1) is 0 Å². The van der Waals surface area contributed by atoms with E-state index >= 15 is 0 Å². The number of hydrogen-bond acceptors (Lipinski definition) is 6. The van der Waals surface area contributed by atoms with Gasteiger partial charge >= 0.3 is 0 Å². The number of rotatable bonds is 8. The highest BCUT2D eigenvalue weighted by Crippen LogP contribution is 2.33. The molecule has 0 atom stereocenters. The number of para-hydroxylation sites is 1. The first-order chi connectivity index (χ1) is 17.0. The van der Waals surface area contributed by atoms with Crippen LogP contribution in [0.4, 0.5) is 5.69 Å². The van der Waals surface area contributed by atoms with Crippen molar-refractivity contribution in [3.63, 3.8) is 0 Å². The maximum absolute atomic E-state index is 12.8. The minimum absolute atomic E-state index is 0.0739. The largest absolute Gasteiger partial charge is 0.496 e. The summed E-state index contributed by atoms with van der Waals surface area (Å²) in [6, 6.07) is 17.8. The molecule has 1 aliphatic heterocycles. The zero-order valence-corrected chi connectivity index (χ0v) is 20.0. The standard InChI is InChI=1S/C27H28N2O6/c1-32-23-7-5-4-6-22(23)27(31)28-20-8-10-21(11-9-20)35-17-26(30)29-13-12-18-14-24(33-2)25(34-3)15-19(18)16-29/h4-11,14-15H,12-13,16-17H2,1-3H3,(H,28,31). The Morgan fingerprint density at radius 3 is 2.20 bits per heavy atom. The summed E-state index contributed by atoms with van der Waals surface area (Å²) in [5.74, 6) is 2.01. The van der Waals surface area contributed by atoms with E-state index in [1.165, 1.54) is 7.11 Å². The van der Waals surface area contributed by atoms with Crippen LogP contribution < -0.4 is 24.3 Å². The predicted molar refractivity (Wildman–Crippen MR) is 132 cm³/mol. The summed E-state index contributed by atoms with van der Waals surface area (Å²) in [7, 11) is 4.73. The van der Waals surface area contributed by atoms with E-state index in [1.54, 1.807) is 67.7 Å². The fourth-order valence-corrected chi connectivity index (χ4v) is 4.00. The molecule has 3 aromatic rings. The maximum atomic E-state index is 12.8. The first-order valence-electron chi connectivity index (χ1n) is 11.2. The molecule has 0 aliphatic carbocycles. The number of methoxy groups -OCH3 is 3. The number of carbonyl (C=O) groups excluding carboxylic acids is 2. The Balaban J connectivity index is 1.32. The highest BCUT2D eigenvalue weighted by molar-refractivity contribution is 6.06. The molecule has 182 valence electrons. The van der Waals surface area contributed by atoms with Crippen LogP contribution in [0.25, 0.3) is 0 Å². The van der Waals surface area contributed by atoms with Gasteiger partial charge in [-0.3, -0.25) is 9.59 Å².